The molecule has 0 bridgehead atoms. The molecule has 146 valence electrons. The Balaban J connectivity index is 2.22. The molecule has 0 fully saturated rings. The lowest BCUT2D eigenvalue weighted by Crippen LogP contribution is -2.38. The molecule has 0 aliphatic carbocycles. The fourth-order valence-electron chi connectivity index (χ4n) is 2.28. The highest BCUT2D eigenvalue weighted by atomic mass is 35.5. The van der Waals surface area contributed by atoms with Crippen LogP contribution in [-0.4, -0.2) is 38.8 Å². The van der Waals surface area contributed by atoms with Crippen LogP contribution in [0.5, 0.6) is 5.75 Å². The lowest BCUT2D eigenvalue weighted by atomic mass is 10.3. The first-order valence-electron chi connectivity index (χ1n) is 7.78. The van der Waals surface area contributed by atoms with E-state index in [0.717, 1.165) is 22.5 Å². The maximum atomic E-state index is 13.6. The molecule has 0 saturated carbocycles. The van der Waals surface area contributed by atoms with Crippen molar-refractivity contribution in [3.05, 3.63) is 53.1 Å². The number of rotatable bonds is 7. The third kappa shape index (κ3) is 4.74. The first-order valence-corrected chi connectivity index (χ1v) is 9.60. The summed E-state index contributed by atoms with van der Waals surface area (Å²) in [4.78, 5) is 12.0. The summed E-state index contributed by atoms with van der Waals surface area (Å²) in [6, 6.07) is 6.98. The van der Waals surface area contributed by atoms with E-state index >= 15 is 0 Å². The summed E-state index contributed by atoms with van der Waals surface area (Å²) in [5.74, 6) is -2.51. The van der Waals surface area contributed by atoms with Crippen molar-refractivity contribution >= 4 is 33.2 Å². The summed E-state index contributed by atoms with van der Waals surface area (Å²) in [6.07, 6.45) is 0. The quantitative estimate of drug-likeness (QED) is 0.748. The van der Waals surface area contributed by atoms with Crippen LogP contribution in [0.25, 0.3) is 0 Å². The molecule has 0 aromatic heterocycles. The molecule has 2 aromatic carbocycles. The van der Waals surface area contributed by atoms with Crippen molar-refractivity contribution in [1.82, 2.24) is 4.31 Å². The second-order valence-corrected chi connectivity index (χ2v) is 7.72. The van der Waals surface area contributed by atoms with E-state index < -0.39 is 39.8 Å². The molecule has 10 heteroatoms. The van der Waals surface area contributed by atoms with Gasteiger partial charge in [0.1, 0.15) is 23.1 Å². The van der Waals surface area contributed by atoms with Gasteiger partial charge in [-0.25, -0.2) is 17.2 Å². The fourth-order valence-corrected chi connectivity index (χ4v) is 4.03. The van der Waals surface area contributed by atoms with Crippen molar-refractivity contribution in [3.63, 3.8) is 0 Å². The first kappa shape index (κ1) is 21.1. The number of methoxy groups -OCH3 is 1. The molecule has 0 spiro atoms. The standard InChI is InChI=1S/C17H17ClF2N2O4S/c1-3-22(10-16(23)21-17-13(19)5-4-6-14(17)20)27(24,25)11-7-8-15(26-2)12(18)9-11/h4-9H,3,10H2,1-2H3,(H,21,23). The number of benzene rings is 2. The van der Waals surface area contributed by atoms with Gasteiger partial charge in [0.05, 0.1) is 23.6 Å². The number of nitrogens with one attached hydrogen (secondary N) is 1. The van der Waals surface area contributed by atoms with Crippen LogP contribution in [0.2, 0.25) is 5.02 Å². The Hall–Kier alpha value is -2.23. The molecule has 1 amide bonds. The molecular weight excluding hydrogens is 402 g/mol. The van der Waals surface area contributed by atoms with Gasteiger partial charge in [0.25, 0.3) is 0 Å². The molecule has 0 unspecified atom stereocenters. The number of amides is 1. The van der Waals surface area contributed by atoms with Gasteiger partial charge in [0.15, 0.2) is 0 Å². The zero-order chi connectivity index (χ0) is 20.2. The third-order valence-electron chi connectivity index (χ3n) is 3.66. The molecular formula is C17H17ClF2N2O4S. The Morgan fingerprint density at radius 2 is 1.85 bits per heavy atom. The number of anilines is 1. The number of nitrogens with zero attached hydrogens (tertiary/aromatic N) is 1. The second-order valence-electron chi connectivity index (χ2n) is 5.37. The van der Waals surface area contributed by atoms with Gasteiger partial charge in [-0.2, -0.15) is 4.31 Å². The highest BCUT2D eigenvalue weighted by molar-refractivity contribution is 7.89. The number of hydrogen-bond acceptors (Lipinski definition) is 4. The molecule has 2 aromatic rings. The summed E-state index contributed by atoms with van der Waals surface area (Å²) >= 11 is 5.96. The normalized spacial score (nSPS) is 11.5. The van der Waals surface area contributed by atoms with Crippen molar-refractivity contribution in [1.29, 1.82) is 0 Å². The van der Waals surface area contributed by atoms with Gasteiger partial charge in [-0.1, -0.05) is 24.6 Å². The lowest BCUT2D eigenvalue weighted by molar-refractivity contribution is -0.116. The van der Waals surface area contributed by atoms with Crippen molar-refractivity contribution in [2.45, 2.75) is 11.8 Å². The van der Waals surface area contributed by atoms with Gasteiger partial charge in [0, 0.05) is 6.54 Å². The molecule has 1 N–H and O–H groups in total. The molecule has 0 radical (unpaired) electrons. The van der Waals surface area contributed by atoms with E-state index in [1.54, 1.807) is 0 Å². The first-order chi connectivity index (χ1) is 12.7. The van der Waals surface area contributed by atoms with Crippen LogP contribution in [0, 0.1) is 11.6 Å². The van der Waals surface area contributed by atoms with Gasteiger partial charge < -0.3 is 10.1 Å². The summed E-state index contributed by atoms with van der Waals surface area (Å²) in [5.41, 5.74) is -0.636. The minimum Gasteiger partial charge on any atom is -0.495 e. The molecule has 6 nitrogen and oxygen atoms in total. The van der Waals surface area contributed by atoms with Crippen LogP contribution in [-0.2, 0) is 14.8 Å². The summed E-state index contributed by atoms with van der Waals surface area (Å²) in [6.45, 7) is 0.856. The monoisotopic (exact) mass is 418 g/mol. The summed E-state index contributed by atoms with van der Waals surface area (Å²) in [5, 5.41) is 2.15. The van der Waals surface area contributed by atoms with Gasteiger partial charge in [0.2, 0.25) is 15.9 Å². The minimum absolute atomic E-state index is 0.0425. The van der Waals surface area contributed by atoms with E-state index in [1.807, 2.05) is 0 Å². The fraction of sp³-hybridized carbons (Fsp3) is 0.235. The number of ether oxygens (including phenoxy) is 1. The van der Waals surface area contributed by atoms with Gasteiger partial charge in [-0.05, 0) is 30.3 Å². The SMILES string of the molecule is CCN(CC(=O)Nc1c(F)cccc1F)S(=O)(=O)c1ccc(OC)c(Cl)c1. The lowest BCUT2D eigenvalue weighted by Gasteiger charge is -2.20. The highest BCUT2D eigenvalue weighted by Crippen LogP contribution is 2.28. The number of halogens is 3. The maximum Gasteiger partial charge on any atom is 0.243 e. The van der Waals surface area contributed by atoms with Gasteiger partial charge in [-0.3, -0.25) is 4.79 Å². The summed E-state index contributed by atoms with van der Waals surface area (Å²) in [7, 11) is -2.67. The Kier molecular flexibility index (Phi) is 6.74. The number of carbonyl (C=O) groups excluding carboxylic acids is 1. The highest BCUT2D eigenvalue weighted by Gasteiger charge is 2.26. The van der Waals surface area contributed by atoms with Crippen molar-refractivity contribution in [2.75, 3.05) is 25.5 Å². The number of likely N-dealkylation sites (N-methyl/N-ethyl adjacent to an activating group) is 1. The van der Waals surface area contributed by atoms with E-state index in [4.69, 9.17) is 16.3 Å². The summed E-state index contributed by atoms with van der Waals surface area (Å²) < 4.78 is 58.6. The van der Waals surface area contributed by atoms with Gasteiger partial charge >= 0.3 is 0 Å². The average Bonchev–Trinajstić information content (AvgIpc) is 2.62. The van der Waals surface area contributed by atoms with Crippen LogP contribution in [0.15, 0.2) is 41.3 Å². The van der Waals surface area contributed by atoms with Crippen molar-refractivity contribution in [2.24, 2.45) is 0 Å². The van der Waals surface area contributed by atoms with Crippen LogP contribution < -0.4 is 10.1 Å². The van der Waals surface area contributed by atoms with Gasteiger partial charge in [-0.15, -0.1) is 0 Å². The molecule has 0 atom stereocenters. The third-order valence-corrected chi connectivity index (χ3v) is 5.87. The largest absolute Gasteiger partial charge is 0.495 e. The Bertz CT molecular complexity index is 934. The number of para-hydroxylation sites is 1. The topological polar surface area (TPSA) is 75.7 Å². The molecule has 0 heterocycles. The van der Waals surface area contributed by atoms with Crippen LogP contribution in [0.4, 0.5) is 14.5 Å². The van der Waals surface area contributed by atoms with E-state index in [9.17, 15) is 22.0 Å². The molecule has 0 saturated heterocycles. The smallest absolute Gasteiger partial charge is 0.243 e. The van der Waals surface area contributed by atoms with E-state index in [2.05, 4.69) is 5.32 Å². The number of hydrogen-bond donors (Lipinski definition) is 1. The van der Waals surface area contributed by atoms with E-state index in [0.29, 0.717) is 5.75 Å². The van der Waals surface area contributed by atoms with Crippen LogP contribution in [0.1, 0.15) is 6.92 Å². The van der Waals surface area contributed by atoms with E-state index in [-0.39, 0.29) is 16.5 Å². The Morgan fingerprint density at radius 1 is 1.22 bits per heavy atom. The molecule has 27 heavy (non-hydrogen) atoms. The predicted molar refractivity (Wildman–Crippen MR) is 97.4 cm³/mol. The number of sulfonamides is 1. The van der Waals surface area contributed by atoms with Crippen molar-refractivity contribution in [3.8, 4) is 5.75 Å². The number of carbonyl (C=O) groups is 1. The zero-order valence-corrected chi connectivity index (χ0v) is 16.1. The van der Waals surface area contributed by atoms with Crippen LogP contribution in [0.3, 0.4) is 0 Å². The maximum absolute atomic E-state index is 13.6. The molecule has 2 rings (SSSR count). The molecule has 0 aliphatic heterocycles. The molecule has 0 aliphatic rings. The van der Waals surface area contributed by atoms with Crippen molar-refractivity contribution < 1.29 is 26.7 Å². The van der Waals surface area contributed by atoms with Crippen LogP contribution >= 0.6 is 11.6 Å². The predicted octanol–water partition coefficient (Wildman–Crippen LogP) is 3.28. The Labute approximate surface area is 160 Å². The Morgan fingerprint density at radius 3 is 2.37 bits per heavy atom. The van der Waals surface area contributed by atoms with E-state index in [1.165, 1.54) is 32.2 Å². The minimum atomic E-state index is -4.06. The zero-order valence-electron chi connectivity index (χ0n) is 14.5. The second kappa shape index (κ2) is 8.64. The average molecular weight is 419 g/mol.